The smallest absolute Gasteiger partial charge is 0.125 e. The van der Waals surface area contributed by atoms with Crippen LogP contribution in [0.1, 0.15) is 0 Å². The number of hydrogen-bond donors (Lipinski definition) is 1. The van der Waals surface area contributed by atoms with Crippen LogP contribution in [0, 0.1) is 5.82 Å². The van der Waals surface area contributed by atoms with Gasteiger partial charge < -0.3 is 5.32 Å². The molecule has 72 valence electrons. The molecule has 4 heteroatoms. The number of anilines is 1. The monoisotopic (exact) mass is 263 g/mol. The van der Waals surface area contributed by atoms with Gasteiger partial charge in [-0.05, 0) is 40.4 Å². The molecule has 0 unspecified atom stereocenters. The van der Waals surface area contributed by atoms with Crippen molar-refractivity contribution < 1.29 is 4.39 Å². The van der Waals surface area contributed by atoms with E-state index in [1.165, 1.54) is 12.1 Å². The van der Waals surface area contributed by atoms with E-state index in [9.17, 15) is 4.39 Å². The number of thioether (sulfide) groups is 1. The first kappa shape index (κ1) is 10.9. The molecule has 13 heavy (non-hydrogen) atoms. The normalized spacial score (nSPS) is 10.1. The number of rotatable bonds is 4. The van der Waals surface area contributed by atoms with Gasteiger partial charge in [0.15, 0.2) is 0 Å². The molecule has 1 nitrogen and oxygen atoms in total. The van der Waals surface area contributed by atoms with Gasteiger partial charge in [-0.1, -0.05) is 0 Å². The Morgan fingerprint density at radius 1 is 1.54 bits per heavy atom. The van der Waals surface area contributed by atoms with E-state index in [0.717, 1.165) is 22.5 Å². The quantitative estimate of drug-likeness (QED) is 0.837. The predicted octanol–water partition coefficient (Wildman–Crippen LogP) is 3.36. The molecule has 0 bridgehead atoms. The van der Waals surface area contributed by atoms with Gasteiger partial charge in [0, 0.05) is 16.8 Å². The van der Waals surface area contributed by atoms with Gasteiger partial charge in [0.05, 0.1) is 5.69 Å². The van der Waals surface area contributed by atoms with Crippen molar-refractivity contribution in [2.24, 2.45) is 0 Å². The van der Waals surface area contributed by atoms with Crippen molar-refractivity contribution in [3.63, 3.8) is 0 Å². The molecule has 0 fully saturated rings. The third kappa shape index (κ3) is 3.56. The number of nitrogens with one attached hydrogen (secondary N) is 1. The summed E-state index contributed by atoms with van der Waals surface area (Å²) in [6.07, 6.45) is 2.04. The second kappa shape index (κ2) is 5.50. The Hall–Kier alpha value is -0.220. The van der Waals surface area contributed by atoms with E-state index in [1.54, 1.807) is 17.8 Å². The predicted molar refractivity (Wildman–Crippen MR) is 61.0 cm³/mol. The molecule has 0 spiro atoms. The van der Waals surface area contributed by atoms with Crippen molar-refractivity contribution in [1.82, 2.24) is 0 Å². The second-order valence-corrected chi connectivity index (χ2v) is 4.38. The summed E-state index contributed by atoms with van der Waals surface area (Å²) in [6, 6.07) is 4.63. The SMILES string of the molecule is CSCCNc1cc(F)ccc1Br. The molecule has 1 aromatic rings. The minimum absolute atomic E-state index is 0.213. The van der Waals surface area contributed by atoms with Crippen molar-refractivity contribution in [2.75, 3.05) is 23.9 Å². The fourth-order valence-corrected chi connectivity index (χ4v) is 1.61. The van der Waals surface area contributed by atoms with Crippen molar-refractivity contribution in [3.05, 3.63) is 28.5 Å². The average Bonchev–Trinajstić information content (AvgIpc) is 2.11. The summed E-state index contributed by atoms with van der Waals surface area (Å²) in [6.45, 7) is 0.850. The average molecular weight is 264 g/mol. The maximum Gasteiger partial charge on any atom is 0.125 e. The topological polar surface area (TPSA) is 12.0 Å². The lowest BCUT2D eigenvalue weighted by atomic mass is 10.3. The van der Waals surface area contributed by atoms with Gasteiger partial charge in [0.25, 0.3) is 0 Å². The van der Waals surface area contributed by atoms with E-state index in [4.69, 9.17) is 0 Å². The molecule has 0 heterocycles. The Morgan fingerprint density at radius 2 is 2.31 bits per heavy atom. The van der Waals surface area contributed by atoms with Gasteiger partial charge in [-0.2, -0.15) is 11.8 Å². The minimum atomic E-state index is -0.213. The Labute approximate surface area is 90.2 Å². The van der Waals surface area contributed by atoms with Crippen LogP contribution in [0.4, 0.5) is 10.1 Å². The molecule has 1 N–H and O–H groups in total. The zero-order valence-corrected chi connectivity index (χ0v) is 9.71. The van der Waals surface area contributed by atoms with E-state index in [0.29, 0.717) is 0 Å². The van der Waals surface area contributed by atoms with Crippen LogP contribution < -0.4 is 5.32 Å². The summed E-state index contributed by atoms with van der Waals surface area (Å²) in [4.78, 5) is 0. The highest BCUT2D eigenvalue weighted by molar-refractivity contribution is 9.10. The van der Waals surface area contributed by atoms with E-state index in [2.05, 4.69) is 21.2 Å². The number of halogens is 2. The largest absolute Gasteiger partial charge is 0.383 e. The zero-order chi connectivity index (χ0) is 9.68. The van der Waals surface area contributed by atoms with E-state index < -0.39 is 0 Å². The van der Waals surface area contributed by atoms with Crippen LogP contribution in [0.2, 0.25) is 0 Å². The van der Waals surface area contributed by atoms with Gasteiger partial charge in [-0.3, -0.25) is 0 Å². The Morgan fingerprint density at radius 3 is 3.00 bits per heavy atom. The lowest BCUT2D eigenvalue weighted by molar-refractivity contribution is 0.628. The van der Waals surface area contributed by atoms with Crippen LogP contribution in [-0.4, -0.2) is 18.6 Å². The summed E-state index contributed by atoms with van der Waals surface area (Å²) in [5, 5.41) is 3.15. The summed E-state index contributed by atoms with van der Waals surface area (Å²) >= 11 is 5.11. The number of benzene rings is 1. The molecule has 0 atom stereocenters. The molecule has 1 rings (SSSR count). The van der Waals surface area contributed by atoms with Crippen LogP contribution in [0.15, 0.2) is 22.7 Å². The summed E-state index contributed by atoms with van der Waals surface area (Å²) in [7, 11) is 0. The molecule has 0 amide bonds. The van der Waals surface area contributed by atoms with Crippen LogP contribution >= 0.6 is 27.7 Å². The first-order valence-electron chi connectivity index (χ1n) is 3.92. The first-order chi connectivity index (χ1) is 6.24. The van der Waals surface area contributed by atoms with E-state index in [1.807, 2.05) is 6.26 Å². The molecule has 0 saturated carbocycles. The van der Waals surface area contributed by atoms with Crippen LogP contribution in [0.5, 0.6) is 0 Å². The third-order valence-corrected chi connectivity index (χ3v) is 2.85. The number of hydrogen-bond acceptors (Lipinski definition) is 2. The zero-order valence-electron chi connectivity index (χ0n) is 7.31. The molecule has 0 aliphatic rings. The van der Waals surface area contributed by atoms with E-state index in [-0.39, 0.29) is 5.82 Å². The fourth-order valence-electron chi connectivity index (χ4n) is 0.921. The molecule has 1 aromatic carbocycles. The summed E-state index contributed by atoms with van der Waals surface area (Å²) < 4.78 is 13.7. The Kier molecular flexibility index (Phi) is 4.59. The standard InChI is InChI=1S/C9H11BrFNS/c1-13-5-4-12-9-6-7(11)2-3-8(9)10/h2-3,6,12H,4-5H2,1H3. The highest BCUT2D eigenvalue weighted by Crippen LogP contribution is 2.22. The molecular weight excluding hydrogens is 253 g/mol. The molecule has 0 radical (unpaired) electrons. The van der Waals surface area contributed by atoms with Crippen molar-refractivity contribution in [2.45, 2.75) is 0 Å². The Bertz CT molecular complexity index is 280. The summed E-state index contributed by atoms with van der Waals surface area (Å²) in [5.74, 6) is 0.804. The van der Waals surface area contributed by atoms with Gasteiger partial charge >= 0.3 is 0 Å². The summed E-state index contributed by atoms with van der Waals surface area (Å²) in [5.41, 5.74) is 0.814. The molecule has 0 aliphatic heterocycles. The lowest BCUT2D eigenvalue weighted by Crippen LogP contribution is -2.04. The van der Waals surface area contributed by atoms with Crippen molar-refractivity contribution >= 4 is 33.4 Å². The van der Waals surface area contributed by atoms with Gasteiger partial charge in [0.2, 0.25) is 0 Å². The van der Waals surface area contributed by atoms with Crippen molar-refractivity contribution in [3.8, 4) is 0 Å². The highest BCUT2D eigenvalue weighted by Gasteiger charge is 1.99. The van der Waals surface area contributed by atoms with Crippen LogP contribution in [0.25, 0.3) is 0 Å². The third-order valence-electron chi connectivity index (χ3n) is 1.55. The van der Waals surface area contributed by atoms with Crippen LogP contribution in [-0.2, 0) is 0 Å². The van der Waals surface area contributed by atoms with Gasteiger partial charge in [-0.15, -0.1) is 0 Å². The van der Waals surface area contributed by atoms with E-state index >= 15 is 0 Å². The van der Waals surface area contributed by atoms with Gasteiger partial charge in [-0.25, -0.2) is 4.39 Å². The molecule has 0 aliphatic carbocycles. The first-order valence-corrected chi connectivity index (χ1v) is 6.10. The fraction of sp³-hybridized carbons (Fsp3) is 0.333. The van der Waals surface area contributed by atoms with Crippen LogP contribution in [0.3, 0.4) is 0 Å². The Balaban J connectivity index is 2.59. The lowest BCUT2D eigenvalue weighted by Gasteiger charge is -2.07. The minimum Gasteiger partial charge on any atom is -0.383 e. The van der Waals surface area contributed by atoms with Crippen molar-refractivity contribution in [1.29, 1.82) is 0 Å². The maximum absolute atomic E-state index is 12.8. The molecular formula is C9H11BrFNS. The maximum atomic E-state index is 12.8. The highest BCUT2D eigenvalue weighted by atomic mass is 79.9. The molecule has 0 saturated heterocycles. The molecule has 0 aromatic heterocycles. The second-order valence-electron chi connectivity index (χ2n) is 2.54. The van der Waals surface area contributed by atoms with Gasteiger partial charge in [0.1, 0.15) is 5.82 Å².